The molecule has 1 aliphatic rings. The van der Waals surface area contributed by atoms with Gasteiger partial charge in [0, 0.05) is 10.4 Å². The molecule has 1 aromatic carbocycles. The molecule has 1 heterocycles. The van der Waals surface area contributed by atoms with E-state index in [1.54, 1.807) is 0 Å². The molecule has 138 valence electrons. The number of primary amides is 1. The monoisotopic (exact) mass is 370 g/mol. The van der Waals surface area contributed by atoms with Gasteiger partial charge in [-0.3, -0.25) is 9.59 Å². The Morgan fingerprint density at radius 1 is 1.27 bits per heavy atom. The van der Waals surface area contributed by atoms with Gasteiger partial charge in [-0.25, -0.2) is 0 Å². The van der Waals surface area contributed by atoms with E-state index < -0.39 is 5.91 Å². The van der Waals surface area contributed by atoms with Crippen molar-refractivity contribution in [2.45, 2.75) is 52.9 Å². The van der Waals surface area contributed by atoms with Crippen LogP contribution in [0.25, 0.3) is 0 Å². The lowest BCUT2D eigenvalue weighted by Gasteiger charge is -2.21. The summed E-state index contributed by atoms with van der Waals surface area (Å²) in [6, 6.07) is 5.62. The molecule has 0 unspecified atom stereocenters. The minimum atomic E-state index is -0.452. The van der Waals surface area contributed by atoms with Crippen LogP contribution in [0.2, 0.25) is 0 Å². The summed E-state index contributed by atoms with van der Waals surface area (Å²) in [5.74, 6) is 0.0151. The zero-order chi connectivity index (χ0) is 18.8. The molecule has 1 aromatic heterocycles. The molecule has 4 nitrogen and oxygen atoms in total. The number of fused-ring (bicyclic) bond motifs is 1. The third-order valence-corrected chi connectivity index (χ3v) is 6.48. The number of thiophene rings is 1. The van der Waals surface area contributed by atoms with Crippen molar-refractivity contribution in [3.8, 4) is 0 Å². The average Bonchev–Trinajstić information content (AvgIpc) is 2.94. The van der Waals surface area contributed by atoms with Crippen molar-refractivity contribution in [1.82, 2.24) is 0 Å². The molecule has 1 atom stereocenters. The van der Waals surface area contributed by atoms with Crippen LogP contribution in [-0.2, 0) is 12.8 Å². The quantitative estimate of drug-likeness (QED) is 0.806. The molecule has 5 heteroatoms. The van der Waals surface area contributed by atoms with Gasteiger partial charge in [0.25, 0.3) is 11.8 Å². The summed E-state index contributed by atoms with van der Waals surface area (Å²) in [5.41, 5.74) is 10.0. The van der Waals surface area contributed by atoms with Crippen LogP contribution < -0.4 is 11.1 Å². The molecule has 0 saturated carbocycles. The van der Waals surface area contributed by atoms with Crippen molar-refractivity contribution in [2.24, 2.45) is 11.7 Å². The number of nitrogens with two attached hydrogens (primary N) is 1. The van der Waals surface area contributed by atoms with Gasteiger partial charge in [-0.1, -0.05) is 25.8 Å². The largest absolute Gasteiger partial charge is 0.365 e. The van der Waals surface area contributed by atoms with E-state index in [4.69, 9.17) is 5.73 Å². The van der Waals surface area contributed by atoms with E-state index in [0.29, 0.717) is 22.0 Å². The Bertz CT molecular complexity index is 854. The van der Waals surface area contributed by atoms with Crippen LogP contribution in [0.1, 0.15) is 68.5 Å². The lowest BCUT2D eigenvalue weighted by Crippen LogP contribution is -2.20. The van der Waals surface area contributed by atoms with Gasteiger partial charge in [-0.2, -0.15) is 0 Å². The summed E-state index contributed by atoms with van der Waals surface area (Å²) in [7, 11) is 0. The smallest absolute Gasteiger partial charge is 0.256 e. The maximum Gasteiger partial charge on any atom is 0.256 e. The van der Waals surface area contributed by atoms with Crippen molar-refractivity contribution in [2.75, 3.05) is 5.32 Å². The fraction of sp³-hybridized carbons (Fsp3) is 0.429. The van der Waals surface area contributed by atoms with E-state index in [1.807, 2.05) is 32.0 Å². The van der Waals surface area contributed by atoms with Crippen molar-refractivity contribution < 1.29 is 9.59 Å². The van der Waals surface area contributed by atoms with E-state index >= 15 is 0 Å². The molecule has 0 fully saturated rings. The minimum absolute atomic E-state index is 0.195. The van der Waals surface area contributed by atoms with E-state index in [-0.39, 0.29) is 5.91 Å². The third-order valence-electron chi connectivity index (χ3n) is 5.31. The summed E-state index contributed by atoms with van der Waals surface area (Å²) < 4.78 is 0. The number of anilines is 1. The number of carbonyl (C=O) groups is 2. The molecule has 0 spiro atoms. The number of amides is 2. The normalized spacial score (nSPS) is 16.2. The zero-order valence-corrected chi connectivity index (χ0v) is 16.5. The van der Waals surface area contributed by atoms with Gasteiger partial charge in [0.15, 0.2) is 0 Å². The molecule has 2 amide bonds. The number of hydrogen-bond donors (Lipinski definition) is 2. The Labute approximate surface area is 158 Å². The molecule has 3 rings (SSSR count). The maximum atomic E-state index is 12.7. The summed E-state index contributed by atoms with van der Waals surface area (Å²) in [6.45, 7) is 6.20. The summed E-state index contributed by atoms with van der Waals surface area (Å²) in [4.78, 5) is 25.9. The average molecular weight is 371 g/mol. The van der Waals surface area contributed by atoms with Gasteiger partial charge < -0.3 is 11.1 Å². The molecular weight excluding hydrogens is 344 g/mol. The number of carbonyl (C=O) groups excluding carboxylic acids is 2. The first kappa shape index (κ1) is 18.6. The molecule has 0 aliphatic heterocycles. The Balaban J connectivity index is 1.89. The van der Waals surface area contributed by atoms with Crippen LogP contribution in [0.15, 0.2) is 18.2 Å². The minimum Gasteiger partial charge on any atom is -0.365 e. The molecule has 3 N–H and O–H groups in total. The number of benzene rings is 1. The predicted molar refractivity (Wildman–Crippen MR) is 107 cm³/mol. The second-order valence-electron chi connectivity index (χ2n) is 7.22. The standard InChI is InChI=1S/C21H26N2O2S/c1-4-5-14-7-9-16-17(11-14)26-21(18(16)19(22)24)23-20(25)15-8-6-12(2)13(3)10-15/h6,8,10,14H,4-5,7,9,11H2,1-3H3,(H2,22,24)(H,23,25)/t14-/m1/s1. The summed E-state index contributed by atoms with van der Waals surface area (Å²) in [5, 5.41) is 3.54. The van der Waals surface area contributed by atoms with Crippen molar-refractivity contribution in [3.05, 3.63) is 50.9 Å². The van der Waals surface area contributed by atoms with E-state index in [0.717, 1.165) is 36.0 Å². The fourth-order valence-corrected chi connectivity index (χ4v) is 5.08. The van der Waals surface area contributed by atoms with Crippen LogP contribution in [0.5, 0.6) is 0 Å². The van der Waals surface area contributed by atoms with Crippen molar-refractivity contribution in [1.29, 1.82) is 0 Å². The van der Waals surface area contributed by atoms with Crippen molar-refractivity contribution >= 4 is 28.2 Å². The van der Waals surface area contributed by atoms with Crippen LogP contribution in [0.4, 0.5) is 5.00 Å². The zero-order valence-electron chi connectivity index (χ0n) is 15.6. The fourth-order valence-electron chi connectivity index (χ4n) is 3.72. The number of rotatable bonds is 5. The molecule has 2 aromatic rings. The number of aryl methyl sites for hydroxylation is 2. The lowest BCUT2D eigenvalue weighted by atomic mass is 9.84. The van der Waals surface area contributed by atoms with E-state index in [9.17, 15) is 9.59 Å². The first-order valence-electron chi connectivity index (χ1n) is 9.23. The second kappa shape index (κ2) is 7.62. The Kier molecular flexibility index (Phi) is 5.47. The Morgan fingerprint density at radius 2 is 2.04 bits per heavy atom. The summed E-state index contributed by atoms with van der Waals surface area (Å²) >= 11 is 1.52. The lowest BCUT2D eigenvalue weighted by molar-refractivity contribution is 0.1000. The molecule has 1 aliphatic carbocycles. The highest BCUT2D eigenvalue weighted by Crippen LogP contribution is 2.40. The molecule has 0 radical (unpaired) electrons. The Hall–Kier alpha value is -2.14. The Morgan fingerprint density at radius 3 is 2.69 bits per heavy atom. The van der Waals surface area contributed by atoms with Crippen LogP contribution in [0, 0.1) is 19.8 Å². The van der Waals surface area contributed by atoms with E-state index in [1.165, 1.54) is 29.1 Å². The highest BCUT2D eigenvalue weighted by Gasteiger charge is 2.28. The first-order chi connectivity index (χ1) is 12.4. The van der Waals surface area contributed by atoms with Crippen molar-refractivity contribution in [3.63, 3.8) is 0 Å². The third kappa shape index (κ3) is 3.68. The van der Waals surface area contributed by atoms with Crippen LogP contribution in [0.3, 0.4) is 0 Å². The number of hydrogen-bond acceptors (Lipinski definition) is 3. The second-order valence-corrected chi connectivity index (χ2v) is 8.33. The highest BCUT2D eigenvalue weighted by molar-refractivity contribution is 7.17. The van der Waals surface area contributed by atoms with Gasteiger partial charge in [0.1, 0.15) is 5.00 Å². The van der Waals surface area contributed by atoms with Gasteiger partial charge in [0.05, 0.1) is 5.56 Å². The first-order valence-corrected chi connectivity index (χ1v) is 10.0. The van der Waals surface area contributed by atoms with Crippen LogP contribution in [-0.4, -0.2) is 11.8 Å². The van der Waals surface area contributed by atoms with Crippen LogP contribution >= 0.6 is 11.3 Å². The predicted octanol–water partition coefficient (Wildman–Crippen LogP) is 4.62. The topological polar surface area (TPSA) is 72.2 Å². The molecule has 0 bridgehead atoms. The van der Waals surface area contributed by atoms with Gasteiger partial charge >= 0.3 is 0 Å². The number of nitrogens with one attached hydrogen (secondary N) is 1. The SMILES string of the molecule is CCC[C@@H]1CCc2c(sc(NC(=O)c3ccc(C)c(C)c3)c2C(N)=O)C1. The highest BCUT2D eigenvalue weighted by atomic mass is 32.1. The van der Waals surface area contributed by atoms with Gasteiger partial charge in [0.2, 0.25) is 0 Å². The maximum absolute atomic E-state index is 12.7. The summed E-state index contributed by atoms with van der Waals surface area (Å²) in [6.07, 6.45) is 5.31. The molecular formula is C21H26N2O2S. The molecule has 0 saturated heterocycles. The van der Waals surface area contributed by atoms with Gasteiger partial charge in [-0.15, -0.1) is 11.3 Å². The van der Waals surface area contributed by atoms with Gasteiger partial charge in [-0.05, 0) is 67.9 Å². The molecule has 26 heavy (non-hydrogen) atoms. The van der Waals surface area contributed by atoms with E-state index in [2.05, 4.69) is 12.2 Å².